The normalized spacial score (nSPS) is 10.7. The SMILES string of the molecule is CCCCc1cc(=O)[nH]c(COc2ccc(NC(=O)C(C)C)cc2)n1. The number of nitrogens with zero attached hydrogens (tertiary/aromatic N) is 1. The van der Waals surface area contributed by atoms with E-state index in [2.05, 4.69) is 22.2 Å². The Labute approximate surface area is 147 Å². The first-order chi connectivity index (χ1) is 12.0. The number of hydrogen-bond donors (Lipinski definition) is 2. The average molecular weight is 343 g/mol. The van der Waals surface area contributed by atoms with Crippen LogP contribution in [0.1, 0.15) is 45.1 Å². The van der Waals surface area contributed by atoms with E-state index in [-0.39, 0.29) is 24.0 Å². The van der Waals surface area contributed by atoms with Gasteiger partial charge in [-0.2, -0.15) is 0 Å². The molecule has 1 amide bonds. The Morgan fingerprint density at radius 1 is 1.28 bits per heavy atom. The van der Waals surface area contributed by atoms with Crippen LogP contribution in [0.3, 0.4) is 0 Å². The summed E-state index contributed by atoms with van der Waals surface area (Å²) in [5.41, 5.74) is 1.35. The molecule has 1 aromatic carbocycles. The highest BCUT2D eigenvalue weighted by Gasteiger charge is 2.07. The number of aromatic nitrogens is 2. The molecule has 2 N–H and O–H groups in total. The summed E-state index contributed by atoms with van der Waals surface area (Å²) in [5.74, 6) is 1.05. The maximum atomic E-state index is 11.7. The predicted octanol–water partition coefficient (Wildman–Crippen LogP) is 3.29. The maximum absolute atomic E-state index is 11.7. The van der Waals surface area contributed by atoms with Crippen molar-refractivity contribution < 1.29 is 9.53 Å². The molecule has 25 heavy (non-hydrogen) atoms. The predicted molar refractivity (Wildman–Crippen MR) is 97.7 cm³/mol. The van der Waals surface area contributed by atoms with Crippen molar-refractivity contribution in [3.63, 3.8) is 0 Å². The summed E-state index contributed by atoms with van der Waals surface area (Å²) in [6.07, 6.45) is 2.85. The van der Waals surface area contributed by atoms with E-state index in [1.165, 1.54) is 6.07 Å². The lowest BCUT2D eigenvalue weighted by Gasteiger charge is -2.10. The van der Waals surface area contributed by atoms with Crippen molar-refractivity contribution in [3.05, 3.63) is 52.2 Å². The fourth-order valence-electron chi connectivity index (χ4n) is 2.19. The van der Waals surface area contributed by atoms with Crippen molar-refractivity contribution in [2.24, 2.45) is 5.92 Å². The van der Waals surface area contributed by atoms with E-state index in [4.69, 9.17) is 4.74 Å². The van der Waals surface area contributed by atoms with Gasteiger partial charge in [-0.25, -0.2) is 4.98 Å². The van der Waals surface area contributed by atoms with Crippen LogP contribution in [0.25, 0.3) is 0 Å². The lowest BCUT2D eigenvalue weighted by atomic mass is 10.2. The molecule has 1 heterocycles. The summed E-state index contributed by atoms with van der Waals surface area (Å²) in [5, 5.41) is 2.82. The Hall–Kier alpha value is -2.63. The van der Waals surface area contributed by atoms with E-state index in [0.717, 1.165) is 30.6 Å². The number of hydrogen-bond acceptors (Lipinski definition) is 4. The summed E-state index contributed by atoms with van der Waals surface area (Å²) in [6, 6.07) is 8.64. The lowest BCUT2D eigenvalue weighted by molar-refractivity contribution is -0.118. The largest absolute Gasteiger partial charge is 0.486 e. The highest BCUT2D eigenvalue weighted by Crippen LogP contribution is 2.17. The number of aryl methyl sites for hydroxylation is 1. The Morgan fingerprint density at radius 2 is 2.00 bits per heavy atom. The minimum Gasteiger partial charge on any atom is -0.486 e. The number of aromatic amines is 1. The molecular formula is C19H25N3O3. The third kappa shape index (κ3) is 6.06. The summed E-state index contributed by atoms with van der Waals surface area (Å²) in [6.45, 7) is 5.97. The standard InChI is InChI=1S/C19H25N3O3/c1-4-5-6-15-11-18(23)22-17(20-15)12-25-16-9-7-14(8-10-16)21-19(24)13(2)3/h7-11,13H,4-6,12H2,1-3H3,(H,21,24)(H,20,22,23). The molecule has 0 atom stereocenters. The van der Waals surface area contributed by atoms with Gasteiger partial charge in [-0.1, -0.05) is 27.2 Å². The number of amides is 1. The molecule has 0 fully saturated rings. The molecule has 0 unspecified atom stereocenters. The molecule has 0 aliphatic rings. The molecule has 0 saturated heterocycles. The first-order valence-corrected chi connectivity index (χ1v) is 8.60. The minimum atomic E-state index is -0.161. The molecule has 2 rings (SSSR count). The fraction of sp³-hybridized carbons (Fsp3) is 0.421. The maximum Gasteiger partial charge on any atom is 0.251 e. The molecule has 0 spiro atoms. The van der Waals surface area contributed by atoms with Crippen LogP contribution in [-0.2, 0) is 17.8 Å². The third-order valence-electron chi connectivity index (χ3n) is 3.65. The molecule has 0 bridgehead atoms. The van der Waals surface area contributed by atoms with E-state index in [1.807, 2.05) is 13.8 Å². The smallest absolute Gasteiger partial charge is 0.251 e. The van der Waals surface area contributed by atoms with Gasteiger partial charge in [0.25, 0.3) is 5.56 Å². The van der Waals surface area contributed by atoms with Gasteiger partial charge in [0.05, 0.1) is 0 Å². The Kier molecular flexibility index (Phi) is 6.74. The van der Waals surface area contributed by atoms with Crippen LogP contribution in [0.15, 0.2) is 35.1 Å². The van der Waals surface area contributed by atoms with Crippen molar-refractivity contribution in [3.8, 4) is 5.75 Å². The lowest BCUT2D eigenvalue weighted by Crippen LogP contribution is -2.17. The number of anilines is 1. The third-order valence-corrected chi connectivity index (χ3v) is 3.65. The van der Waals surface area contributed by atoms with Crippen LogP contribution in [0.2, 0.25) is 0 Å². The summed E-state index contributed by atoms with van der Waals surface area (Å²) >= 11 is 0. The monoisotopic (exact) mass is 343 g/mol. The first kappa shape index (κ1) is 18.7. The molecule has 0 radical (unpaired) electrons. The van der Waals surface area contributed by atoms with E-state index in [0.29, 0.717) is 11.6 Å². The van der Waals surface area contributed by atoms with Gasteiger partial charge < -0.3 is 15.0 Å². The number of ether oxygens (including phenoxy) is 1. The van der Waals surface area contributed by atoms with Gasteiger partial charge in [-0.05, 0) is 37.1 Å². The molecule has 6 nitrogen and oxygen atoms in total. The van der Waals surface area contributed by atoms with Crippen molar-refractivity contribution in [1.82, 2.24) is 9.97 Å². The number of unbranched alkanes of at least 4 members (excludes halogenated alkanes) is 1. The average Bonchev–Trinajstić information content (AvgIpc) is 2.59. The highest BCUT2D eigenvalue weighted by atomic mass is 16.5. The van der Waals surface area contributed by atoms with Gasteiger partial charge in [0, 0.05) is 23.4 Å². The zero-order valence-electron chi connectivity index (χ0n) is 15.0. The second-order valence-corrected chi connectivity index (χ2v) is 6.24. The quantitative estimate of drug-likeness (QED) is 0.770. The van der Waals surface area contributed by atoms with Gasteiger partial charge >= 0.3 is 0 Å². The van der Waals surface area contributed by atoms with Crippen LogP contribution in [-0.4, -0.2) is 15.9 Å². The zero-order chi connectivity index (χ0) is 18.2. The second kappa shape index (κ2) is 9.01. The van der Waals surface area contributed by atoms with Crippen LogP contribution in [0, 0.1) is 5.92 Å². The molecule has 1 aromatic heterocycles. The van der Waals surface area contributed by atoms with E-state index < -0.39 is 0 Å². The van der Waals surface area contributed by atoms with Crippen LogP contribution < -0.4 is 15.6 Å². The molecule has 0 saturated carbocycles. The number of benzene rings is 1. The van der Waals surface area contributed by atoms with E-state index in [1.54, 1.807) is 24.3 Å². The number of carbonyl (C=O) groups excluding carboxylic acids is 1. The summed E-state index contributed by atoms with van der Waals surface area (Å²) in [4.78, 5) is 30.5. The fourth-order valence-corrected chi connectivity index (χ4v) is 2.19. The summed E-state index contributed by atoms with van der Waals surface area (Å²) in [7, 11) is 0. The van der Waals surface area contributed by atoms with E-state index in [9.17, 15) is 9.59 Å². The zero-order valence-corrected chi connectivity index (χ0v) is 15.0. The number of H-pyrrole nitrogens is 1. The summed E-state index contributed by atoms with van der Waals surface area (Å²) < 4.78 is 5.67. The van der Waals surface area contributed by atoms with Gasteiger partial charge in [-0.3, -0.25) is 9.59 Å². The molecule has 2 aromatic rings. The second-order valence-electron chi connectivity index (χ2n) is 6.24. The minimum absolute atomic E-state index is 0.0284. The molecule has 6 heteroatoms. The van der Waals surface area contributed by atoms with Crippen molar-refractivity contribution in [1.29, 1.82) is 0 Å². The molecule has 0 aliphatic carbocycles. The topological polar surface area (TPSA) is 84.1 Å². The number of carbonyl (C=O) groups is 1. The van der Waals surface area contributed by atoms with Crippen molar-refractivity contribution >= 4 is 11.6 Å². The van der Waals surface area contributed by atoms with Gasteiger partial charge in [0.2, 0.25) is 5.91 Å². The van der Waals surface area contributed by atoms with Gasteiger partial charge in [0.15, 0.2) is 0 Å². The number of nitrogens with one attached hydrogen (secondary N) is 2. The van der Waals surface area contributed by atoms with Crippen LogP contribution >= 0.6 is 0 Å². The van der Waals surface area contributed by atoms with Gasteiger partial charge in [-0.15, -0.1) is 0 Å². The van der Waals surface area contributed by atoms with Crippen molar-refractivity contribution in [2.75, 3.05) is 5.32 Å². The molecular weight excluding hydrogens is 318 g/mol. The highest BCUT2D eigenvalue weighted by molar-refractivity contribution is 5.92. The Balaban J connectivity index is 1.96. The van der Waals surface area contributed by atoms with Crippen LogP contribution in [0.5, 0.6) is 5.75 Å². The molecule has 0 aliphatic heterocycles. The number of rotatable bonds is 8. The molecule has 134 valence electrons. The first-order valence-electron chi connectivity index (χ1n) is 8.60. The van der Waals surface area contributed by atoms with Gasteiger partial charge in [0.1, 0.15) is 18.2 Å². The Morgan fingerprint density at radius 3 is 2.64 bits per heavy atom. The Bertz CT molecular complexity index is 751. The van der Waals surface area contributed by atoms with Crippen molar-refractivity contribution in [2.45, 2.75) is 46.6 Å². The van der Waals surface area contributed by atoms with E-state index >= 15 is 0 Å². The van der Waals surface area contributed by atoms with Crippen LogP contribution in [0.4, 0.5) is 5.69 Å².